The molecule has 0 heterocycles. The first-order valence-electron chi connectivity index (χ1n) is 3.59. The van der Waals surface area contributed by atoms with Crippen molar-refractivity contribution in [1.29, 1.82) is 0 Å². The molecule has 0 saturated heterocycles. The molecule has 0 aromatic rings. The Kier molecular flexibility index (Phi) is 3.78. The van der Waals surface area contributed by atoms with Crippen LogP contribution in [0.4, 0.5) is 13.2 Å². The summed E-state index contributed by atoms with van der Waals surface area (Å²) in [6, 6.07) is 0. The Hall–Kier alpha value is -1.19. The molecule has 0 saturated carbocycles. The second-order valence-corrected chi connectivity index (χ2v) is 2.55. The molecule has 0 spiro atoms. The van der Waals surface area contributed by atoms with Gasteiger partial charge in [0.1, 0.15) is 5.76 Å². The summed E-state index contributed by atoms with van der Waals surface area (Å²) in [5, 5.41) is 8.88. The van der Waals surface area contributed by atoms with Gasteiger partial charge in [-0.1, -0.05) is 6.58 Å². The average molecular weight is 192 g/mol. The molecule has 0 fully saturated rings. The van der Waals surface area contributed by atoms with Crippen molar-refractivity contribution in [3.63, 3.8) is 0 Å². The lowest BCUT2D eigenvalue weighted by Crippen LogP contribution is -2.12. The second kappa shape index (κ2) is 4.16. The maximum absolute atomic E-state index is 12.2. The molecule has 4 heteroatoms. The zero-order valence-corrected chi connectivity index (χ0v) is 7.44. The van der Waals surface area contributed by atoms with E-state index in [9.17, 15) is 13.2 Å². The number of rotatable bonds is 2. The van der Waals surface area contributed by atoms with Crippen molar-refractivity contribution in [3.8, 4) is 0 Å². The lowest BCUT2D eigenvalue weighted by atomic mass is 10.1. The Balaban J connectivity index is 5.06. The third-order valence-electron chi connectivity index (χ3n) is 1.35. The molecule has 0 rings (SSSR count). The van der Waals surface area contributed by atoms with Gasteiger partial charge in [-0.05, 0) is 31.6 Å². The number of aliphatic hydroxyl groups is 1. The van der Waals surface area contributed by atoms with Gasteiger partial charge in [0.2, 0.25) is 0 Å². The van der Waals surface area contributed by atoms with E-state index in [-0.39, 0.29) is 5.57 Å². The summed E-state index contributed by atoms with van der Waals surface area (Å²) in [5.74, 6) is -0.421. The van der Waals surface area contributed by atoms with Gasteiger partial charge in [0.05, 0.1) is 5.57 Å². The molecule has 0 atom stereocenters. The van der Waals surface area contributed by atoms with E-state index in [0.29, 0.717) is 6.08 Å². The minimum Gasteiger partial charge on any atom is -0.508 e. The predicted molar refractivity (Wildman–Crippen MR) is 45.3 cm³/mol. The van der Waals surface area contributed by atoms with Crippen LogP contribution >= 0.6 is 0 Å². The Morgan fingerprint density at radius 3 is 2.08 bits per heavy atom. The summed E-state index contributed by atoms with van der Waals surface area (Å²) in [6.07, 6.45) is -2.64. The second-order valence-electron chi connectivity index (χ2n) is 2.55. The minimum absolute atomic E-state index is 0.124. The summed E-state index contributed by atoms with van der Waals surface area (Å²) in [7, 11) is 0. The van der Waals surface area contributed by atoms with Crippen molar-refractivity contribution in [2.24, 2.45) is 0 Å². The average Bonchev–Trinajstić information content (AvgIpc) is 1.96. The van der Waals surface area contributed by atoms with Gasteiger partial charge < -0.3 is 5.11 Å². The van der Waals surface area contributed by atoms with E-state index in [1.807, 2.05) is 0 Å². The number of aliphatic hydroxyl groups excluding tert-OH is 1. The van der Waals surface area contributed by atoms with Gasteiger partial charge >= 0.3 is 6.18 Å². The van der Waals surface area contributed by atoms with Crippen LogP contribution in [0.5, 0.6) is 0 Å². The lowest BCUT2D eigenvalue weighted by molar-refractivity contribution is -0.0894. The van der Waals surface area contributed by atoms with Crippen molar-refractivity contribution in [3.05, 3.63) is 35.6 Å². The highest BCUT2D eigenvalue weighted by Crippen LogP contribution is 2.30. The van der Waals surface area contributed by atoms with Crippen molar-refractivity contribution in [2.45, 2.75) is 20.0 Å². The first-order chi connectivity index (χ1) is 5.79. The van der Waals surface area contributed by atoms with Gasteiger partial charge in [-0.15, -0.1) is 0 Å². The molecule has 0 aliphatic heterocycles. The highest BCUT2D eigenvalue weighted by atomic mass is 19.4. The van der Waals surface area contributed by atoms with E-state index >= 15 is 0 Å². The van der Waals surface area contributed by atoms with Crippen LogP contribution in [0.15, 0.2) is 35.6 Å². The summed E-state index contributed by atoms with van der Waals surface area (Å²) >= 11 is 0. The molecule has 1 nitrogen and oxygen atoms in total. The minimum atomic E-state index is -4.47. The van der Waals surface area contributed by atoms with Gasteiger partial charge in [0, 0.05) is 0 Å². The van der Waals surface area contributed by atoms with Crippen molar-refractivity contribution < 1.29 is 18.3 Å². The third kappa shape index (κ3) is 3.83. The maximum Gasteiger partial charge on any atom is 0.416 e. The van der Waals surface area contributed by atoms with Crippen LogP contribution in [0.1, 0.15) is 13.8 Å². The number of hydrogen-bond acceptors (Lipinski definition) is 1. The van der Waals surface area contributed by atoms with Crippen LogP contribution in [0, 0.1) is 0 Å². The van der Waals surface area contributed by atoms with Gasteiger partial charge in [-0.2, -0.15) is 13.2 Å². The van der Waals surface area contributed by atoms with Crippen LogP contribution in [0.2, 0.25) is 0 Å². The first-order valence-corrected chi connectivity index (χ1v) is 3.59. The number of hydrogen-bond donors (Lipinski definition) is 1. The highest BCUT2D eigenvalue weighted by molar-refractivity contribution is 5.35. The van der Waals surface area contributed by atoms with Crippen molar-refractivity contribution in [1.82, 2.24) is 0 Å². The summed E-state index contributed by atoms with van der Waals surface area (Å²) in [5.41, 5.74) is -1.04. The van der Waals surface area contributed by atoms with Crippen molar-refractivity contribution >= 4 is 0 Å². The first kappa shape index (κ1) is 11.8. The van der Waals surface area contributed by atoms with Crippen LogP contribution in [0.3, 0.4) is 0 Å². The zero-order chi connectivity index (χ0) is 10.6. The molecule has 0 bridgehead atoms. The fraction of sp³-hybridized carbons (Fsp3) is 0.333. The molecule has 0 aromatic carbocycles. The van der Waals surface area contributed by atoms with Gasteiger partial charge in [0.25, 0.3) is 0 Å². The van der Waals surface area contributed by atoms with Crippen LogP contribution in [0.25, 0.3) is 0 Å². The summed E-state index contributed by atoms with van der Waals surface area (Å²) in [6.45, 7) is 5.86. The molecule has 74 valence electrons. The molecule has 0 aliphatic carbocycles. The van der Waals surface area contributed by atoms with E-state index in [1.165, 1.54) is 19.9 Å². The summed E-state index contributed by atoms with van der Waals surface area (Å²) < 4.78 is 36.6. The largest absolute Gasteiger partial charge is 0.508 e. The van der Waals surface area contributed by atoms with Gasteiger partial charge in [0.15, 0.2) is 0 Å². The van der Waals surface area contributed by atoms with E-state index < -0.39 is 17.5 Å². The molecule has 0 aliphatic rings. The van der Waals surface area contributed by atoms with E-state index in [4.69, 9.17) is 5.11 Å². The molecular formula is C9H11F3O. The zero-order valence-electron chi connectivity index (χ0n) is 7.44. The Morgan fingerprint density at radius 1 is 1.38 bits per heavy atom. The Morgan fingerprint density at radius 2 is 1.85 bits per heavy atom. The monoisotopic (exact) mass is 192 g/mol. The van der Waals surface area contributed by atoms with Crippen LogP contribution in [-0.2, 0) is 0 Å². The molecule has 1 N–H and O–H groups in total. The topological polar surface area (TPSA) is 20.2 Å². The highest BCUT2D eigenvalue weighted by Gasteiger charge is 2.33. The quantitative estimate of drug-likeness (QED) is 0.524. The third-order valence-corrected chi connectivity index (χ3v) is 1.35. The van der Waals surface area contributed by atoms with Crippen LogP contribution in [-0.4, -0.2) is 11.3 Å². The normalized spacial score (nSPS) is 14.5. The number of halogens is 3. The van der Waals surface area contributed by atoms with Crippen LogP contribution < -0.4 is 0 Å². The Bertz CT molecular complexity index is 259. The predicted octanol–water partition coefficient (Wildman–Crippen LogP) is 3.51. The van der Waals surface area contributed by atoms with Gasteiger partial charge in [-0.25, -0.2) is 0 Å². The summed E-state index contributed by atoms with van der Waals surface area (Å²) in [4.78, 5) is 0. The fourth-order valence-corrected chi connectivity index (χ4v) is 0.678. The molecule has 0 aromatic heterocycles. The fourth-order valence-electron chi connectivity index (χ4n) is 0.678. The smallest absolute Gasteiger partial charge is 0.416 e. The standard InChI is InChI=1S/C9H11F3O/c1-4-7(13)5-8(6(2)3)9(10,11)12/h4-5,13H,2H2,1,3H3/b7-4+,8-5+. The molecule has 0 unspecified atom stereocenters. The SMILES string of the molecule is C=C(C)/C(=C\C(O)=C/C)C(F)(F)F. The molecular weight excluding hydrogens is 181 g/mol. The number of allylic oxidation sites excluding steroid dienone is 4. The van der Waals surface area contributed by atoms with Crippen molar-refractivity contribution in [2.75, 3.05) is 0 Å². The molecule has 0 amide bonds. The van der Waals surface area contributed by atoms with E-state index in [0.717, 1.165) is 0 Å². The van der Waals surface area contributed by atoms with E-state index in [2.05, 4.69) is 6.58 Å². The molecule has 13 heavy (non-hydrogen) atoms. The Labute approximate surface area is 74.9 Å². The number of alkyl halides is 3. The molecule has 0 radical (unpaired) electrons. The maximum atomic E-state index is 12.2. The lowest BCUT2D eigenvalue weighted by Gasteiger charge is -2.10. The van der Waals surface area contributed by atoms with Gasteiger partial charge in [-0.3, -0.25) is 0 Å². The van der Waals surface area contributed by atoms with E-state index in [1.54, 1.807) is 0 Å².